The molecule has 19 nitrogen and oxygen atoms in total. The summed E-state index contributed by atoms with van der Waals surface area (Å²) in [5.41, 5.74) is 15.9. The van der Waals surface area contributed by atoms with Gasteiger partial charge in [0.05, 0.1) is 36.0 Å². The molecule has 4 aromatic rings. The van der Waals surface area contributed by atoms with Crippen LogP contribution in [-0.4, -0.2) is 103 Å². The fraction of sp³-hybridized carbons (Fsp3) is 0.488. The van der Waals surface area contributed by atoms with E-state index in [0.29, 0.717) is 73.8 Å². The number of fused-ring (bicyclic) bond motifs is 1. The normalized spacial score (nSPS) is 20.5. The average Bonchev–Trinajstić information content (AvgIpc) is 3.76. The number of likely N-dealkylation sites (N-methyl/N-ethyl adjacent to an activating group) is 2. The number of para-hydroxylation sites is 2. The van der Waals surface area contributed by atoms with Crippen molar-refractivity contribution in [2.75, 3.05) is 44.4 Å². The van der Waals surface area contributed by atoms with Gasteiger partial charge in [0, 0.05) is 55.2 Å². The first-order chi connectivity index (χ1) is 30.3. The van der Waals surface area contributed by atoms with Gasteiger partial charge in [-0.05, 0) is 91.1 Å². The number of hydrazine groups is 1. The zero-order valence-electron chi connectivity index (χ0n) is 37.4. The number of hydrogen-bond donors (Lipinski definition) is 7. The number of nitrogens with two attached hydrogens (primary N) is 3. The van der Waals surface area contributed by atoms with E-state index >= 15 is 0 Å². The maximum absolute atomic E-state index is 12.0. The minimum atomic E-state index is -4.09. The molecule has 6 rings (SSSR count). The molecule has 2 aliphatic carbocycles. The first kappa shape index (κ1) is 50.1. The Kier molecular flexibility index (Phi) is 18.3. The molecular weight excluding hydrogens is 836 g/mol. The van der Waals surface area contributed by atoms with E-state index in [1.807, 2.05) is 62.3 Å². The zero-order valence-corrected chi connectivity index (χ0v) is 38.2. The van der Waals surface area contributed by atoms with Gasteiger partial charge in [-0.25, -0.2) is 23.4 Å². The Balaban J connectivity index is 0.00000771. The quantitative estimate of drug-likeness (QED) is 0.00916. The molecule has 2 fully saturated rings. The van der Waals surface area contributed by atoms with E-state index in [4.69, 9.17) is 45.9 Å². The Hall–Kier alpha value is -4.91. The average molecular weight is 897 g/mol. The number of nitrogens with zero attached hydrogens (tertiary/aromatic N) is 6. The molecule has 0 aliphatic heterocycles. The molecule has 3 atom stereocenters. The number of aryl methyl sites for hydroxylation is 1. The van der Waals surface area contributed by atoms with E-state index in [2.05, 4.69) is 45.4 Å². The molecule has 64 heavy (non-hydrogen) atoms. The summed E-state index contributed by atoms with van der Waals surface area (Å²) >= 11 is 0. The van der Waals surface area contributed by atoms with E-state index in [9.17, 15) is 13.5 Å². The first-order valence-corrected chi connectivity index (χ1v) is 22.8. The number of ether oxygens (including phenoxy) is 3. The Bertz CT molecular complexity index is 2340. The molecule has 2 aliphatic rings. The molecule has 0 amide bonds. The van der Waals surface area contributed by atoms with Gasteiger partial charge in [0.2, 0.25) is 11.8 Å². The van der Waals surface area contributed by atoms with Crippen LogP contribution >= 0.6 is 0 Å². The number of aromatic nitrogens is 3. The van der Waals surface area contributed by atoms with Crippen LogP contribution in [0.15, 0.2) is 81.8 Å². The summed E-state index contributed by atoms with van der Waals surface area (Å²) in [5.74, 6) is 6.84. The number of nitrogens with one attached hydrogen (secondary N) is 3. The van der Waals surface area contributed by atoms with Crippen molar-refractivity contribution in [3.05, 3.63) is 78.4 Å². The van der Waals surface area contributed by atoms with E-state index in [0.717, 1.165) is 48.9 Å². The van der Waals surface area contributed by atoms with Gasteiger partial charge in [0.25, 0.3) is 0 Å². The third-order valence-electron chi connectivity index (χ3n) is 11.1. The second kappa shape index (κ2) is 23.3. The summed E-state index contributed by atoms with van der Waals surface area (Å²) in [6.07, 6.45) is 10.8. The number of oxazole rings is 1. The number of benzene rings is 2. The number of sulfonamides is 1. The minimum absolute atomic E-state index is 0. The molecule has 3 unspecified atom stereocenters. The summed E-state index contributed by atoms with van der Waals surface area (Å²) in [6, 6.07) is 11.3. The molecule has 21 heteroatoms. The summed E-state index contributed by atoms with van der Waals surface area (Å²) in [4.78, 5) is 24.2. The standard InChI is InChI=1S/C43H61N12O7S.Li/c1-6-10-28-11-8-13-35(39(28)49-26-48-38-25-47-43(62-38)63(57,58)53-46)61-31-19-20-34(45)33(23-31)40-32-12-9-14-36(60-30-17-15-29(56)16-18-30)41(32)52-42(51-40)50-37(24-44)59-27(3)55(7-2)22-21-54(4)5;/h8-9,11-14,24-25,29-31,33-34,53,56H,3,6-7,10,15-23,44-46H2,1-2,4-5H3,(H,48,49)(H,50,51,52);/q-1;+1/b37-24-;. The van der Waals surface area contributed by atoms with E-state index in [-0.39, 0.29) is 66.8 Å². The Morgan fingerprint density at radius 3 is 2.47 bits per heavy atom. The Morgan fingerprint density at radius 1 is 1.05 bits per heavy atom. The van der Waals surface area contributed by atoms with Crippen LogP contribution in [0, 0.1) is 0 Å². The van der Waals surface area contributed by atoms with Crippen LogP contribution in [0.4, 0.5) is 17.5 Å². The SMILES string of the molecule is C=C(O/C(=C\N)Nc1nc(C2CC(Oc3cccc(CCC)c3N=[C-]Nc3cnc(S(=O)(=O)NN)o3)CCC2N)c2cccc(OC3CCC(O)CC3)c2n1)N(CC)CCN(C)C.[Li+]. The molecular formula is C43H61LiN12O7S. The van der Waals surface area contributed by atoms with Crippen molar-refractivity contribution >= 4 is 44.8 Å². The predicted octanol–water partition coefficient (Wildman–Crippen LogP) is 1.64. The number of anilines is 2. The van der Waals surface area contributed by atoms with Gasteiger partial charge in [-0.1, -0.05) is 43.2 Å². The first-order valence-electron chi connectivity index (χ1n) is 21.4. The molecule has 0 bridgehead atoms. The fourth-order valence-electron chi connectivity index (χ4n) is 7.76. The van der Waals surface area contributed by atoms with Crippen molar-refractivity contribution in [3.63, 3.8) is 0 Å². The fourth-order valence-corrected chi connectivity index (χ4v) is 8.25. The second-order valence-corrected chi connectivity index (χ2v) is 17.6. The van der Waals surface area contributed by atoms with Crippen molar-refractivity contribution in [3.8, 4) is 11.5 Å². The maximum atomic E-state index is 12.0. The summed E-state index contributed by atoms with van der Waals surface area (Å²) in [5, 5.41) is 16.3. The molecule has 0 saturated heterocycles. The Labute approximate surface area is 387 Å². The molecule has 342 valence electrons. The number of aliphatic imine (C=N–C) groups is 1. The van der Waals surface area contributed by atoms with Gasteiger partial charge < -0.3 is 55.3 Å². The van der Waals surface area contributed by atoms with Gasteiger partial charge in [-0.3, -0.25) is 11.2 Å². The van der Waals surface area contributed by atoms with Gasteiger partial charge in [-0.15, -0.1) is 4.83 Å². The Morgan fingerprint density at radius 2 is 1.77 bits per heavy atom. The molecule has 2 heterocycles. The van der Waals surface area contributed by atoms with Crippen LogP contribution < -0.4 is 61.1 Å². The number of aliphatic hydroxyl groups is 1. The number of rotatable bonds is 21. The van der Waals surface area contributed by atoms with E-state index < -0.39 is 15.2 Å². The molecule has 0 radical (unpaired) electrons. The van der Waals surface area contributed by atoms with Crippen molar-refractivity contribution in [2.45, 2.75) is 107 Å². The van der Waals surface area contributed by atoms with Crippen molar-refractivity contribution in [1.29, 1.82) is 0 Å². The van der Waals surface area contributed by atoms with Crippen LogP contribution in [0.5, 0.6) is 11.5 Å². The van der Waals surface area contributed by atoms with Crippen molar-refractivity contribution in [2.24, 2.45) is 22.3 Å². The maximum Gasteiger partial charge on any atom is 1.00 e. The third kappa shape index (κ3) is 12.9. The zero-order chi connectivity index (χ0) is 45.1. The molecule has 2 saturated carbocycles. The second-order valence-electron chi connectivity index (χ2n) is 16.0. The molecule has 2 aromatic heterocycles. The summed E-state index contributed by atoms with van der Waals surface area (Å²) in [7, 11) is -0.0667. The van der Waals surface area contributed by atoms with Crippen LogP contribution in [0.25, 0.3) is 10.9 Å². The number of aliphatic hydroxyl groups excluding tert-OH is 1. The monoisotopic (exact) mass is 896 g/mol. The van der Waals surface area contributed by atoms with Crippen LogP contribution in [0.2, 0.25) is 0 Å². The van der Waals surface area contributed by atoms with E-state index in [1.54, 1.807) is 4.83 Å². The van der Waals surface area contributed by atoms with E-state index in [1.165, 1.54) is 12.4 Å². The topological polar surface area (TPSA) is 267 Å². The summed E-state index contributed by atoms with van der Waals surface area (Å²) in [6.45, 7) is 10.5. The predicted molar refractivity (Wildman–Crippen MR) is 241 cm³/mol. The van der Waals surface area contributed by atoms with Gasteiger partial charge in [0.15, 0.2) is 5.88 Å². The summed E-state index contributed by atoms with van der Waals surface area (Å²) < 4.78 is 48.8. The van der Waals surface area contributed by atoms with Crippen LogP contribution in [-0.2, 0) is 21.2 Å². The molecule has 0 spiro atoms. The van der Waals surface area contributed by atoms with Crippen LogP contribution in [0.3, 0.4) is 0 Å². The van der Waals surface area contributed by atoms with Crippen molar-refractivity contribution in [1.82, 2.24) is 29.6 Å². The number of hydrogen-bond acceptors (Lipinski definition) is 17. The van der Waals surface area contributed by atoms with Gasteiger partial charge in [0.1, 0.15) is 17.2 Å². The minimum Gasteiger partial charge on any atom is -0.501 e. The van der Waals surface area contributed by atoms with Crippen molar-refractivity contribution < 1.29 is 51.0 Å². The van der Waals surface area contributed by atoms with Gasteiger partial charge in [-0.2, -0.15) is 0 Å². The largest absolute Gasteiger partial charge is 1.00 e. The van der Waals surface area contributed by atoms with Crippen LogP contribution in [0.1, 0.15) is 82.4 Å². The smallest absolute Gasteiger partial charge is 0.501 e. The molecule has 2 aromatic carbocycles. The third-order valence-corrected chi connectivity index (χ3v) is 12.1. The van der Waals surface area contributed by atoms with Gasteiger partial charge >= 0.3 is 34.1 Å². The molecule has 10 N–H and O–H groups in total.